The summed E-state index contributed by atoms with van der Waals surface area (Å²) in [7, 11) is -3.72. The number of carbonyl (C=O) groups is 1. The molecule has 0 aromatic heterocycles. The van der Waals surface area contributed by atoms with E-state index >= 15 is 0 Å². The van der Waals surface area contributed by atoms with Crippen LogP contribution in [0.4, 0.5) is 0 Å². The number of Topliss-reactive ketones (excluding diaryl/α,β-unsaturated/α-hetero) is 1. The Labute approximate surface area is 182 Å². The highest BCUT2D eigenvalue weighted by atomic mass is 32.2. The van der Waals surface area contributed by atoms with Crippen LogP contribution in [0.2, 0.25) is 0 Å². The van der Waals surface area contributed by atoms with E-state index in [1.807, 2.05) is 72.8 Å². The summed E-state index contributed by atoms with van der Waals surface area (Å²) < 4.78 is 27.8. The third-order valence-corrected chi connectivity index (χ3v) is 8.46. The van der Waals surface area contributed by atoms with Crippen LogP contribution in [-0.2, 0) is 21.2 Å². The first-order valence-corrected chi connectivity index (χ1v) is 12.4. The molecule has 4 rings (SSSR count). The van der Waals surface area contributed by atoms with E-state index in [9.17, 15) is 13.2 Å². The van der Waals surface area contributed by atoms with Gasteiger partial charge in [0, 0.05) is 18.7 Å². The van der Waals surface area contributed by atoms with E-state index in [0.29, 0.717) is 25.1 Å². The van der Waals surface area contributed by atoms with Crippen molar-refractivity contribution >= 4 is 27.6 Å². The summed E-state index contributed by atoms with van der Waals surface area (Å²) in [5, 5.41) is -0.646. The van der Waals surface area contributed by atoms with Crippen LogP contribution >= 0.6 is 11.8 Å². The molecule has 1 fully saturated rings. The molecule has 3 aromatic carbocycles. The third kappa shape index (κ3) is 4.51. The molecule has 1 atom stereocenters. The maximum atomic E-state index is 13.2. The van der Waals surface area contributed by atoms with Gasteiger partial charge in [-0.2, -0.15) is 4.31 Å². The number of thioether (sulfide) groups is 1. The van der Waals surface area contributed by atoms with Crippen LogP contribution in [0.15, 0.2) is 89.8 Å². The predicted molar refractivity (Wildman–Crippen MR) is 122 cm³/mol. The van der Waals surface area contributed by atoms with E-state index in [4.69, 9.17) is 0 Å². The lowest BCUT2D eigenvalue weighted by Crippen LogP contribution is -2.39. The second kappa shape index (κ2) is 9.16. The lowest BCUT2D eigenvalue weighted by atomic mass is 10.1. The number of hydrogen-bond donors (Lipinski definition) is 0. The second-order valence-corrected chi connectivity index (χ2v) is 10.3. The van der Waals surface area contributed by atoms with Crippen molar-refractivity contribution in [1.29, 1.82) is 0 Å². The summed E-state index contributed by atoms with van der Waals surface area (Å²) in [5.41, 5.74) is 3.08. The van der Waals surface area contributed by atoms with Crippen molar-refractivity contribution in [2.75, 3.05) is 12.3 Å². The van der Waals surface area contributed by atoms with E-state index in [1.165, 1.54) is 16.1 Å². The normalized spacial score (nSPS) is 17.1. The van der Waals surface area contributed by atoms with Crippen LogP contribution in [0, 0.1) is 0 Å². The van der Waals surface area contributed by atoms with Crippen molar-refractivity contribution in [3.05, 3.63) is 90.5 Å². The molecule has 154 valence electrons. The van der Waals surface area contributed by atoms with Gasteiger partial charge in [0.1, 0.15) is 5.37 Å². The summed E-state index contributed by atoms with van der Waals surface area (Å²) in [5.74, 6) is 0.592. The maximum Gasteiger partial charge on any atom is 0.244 e. The Bertz CT molecular complexity index is 1100. The van der Waals surface area contributed by atoms with Gasteiger partial charge in [0.2, 0.25) is 10.0 Å². The van der Waals surface area contributed by atoms with Crippen LogP contribution in [0.3, 0.4) is 0 Å². The highest BCUT2D eigenvalue weighted by Gasteiger charge is 2.39. The van der Waals surface area contributed by atoms with Gasteiger partial charge in [0.05, 0.1) is 4.90 Å². The topological polar surface area (TPSA) is 54.5 Å². The van der Waals surface area contributed by atoms with Crippen molar-refractivity contribution < 1.29 is 13.2 Å². The first-order chi connectivity index (χ1) is 14.6. The molecule has 1 unspecified atom stereocenters. The number of aryl methyl sites for hydroxylation is 1. The highest BCUT2D eigenvalue weighted by Crippen LogP contribution is 2.32. The minimum atomic E-state index is -3.72. The summed E-state index contributed by atoms with van der Waals surface area (Å²) in [4.78, 5) is 13.0. The van der Waals surface area contributed by atoms with E-state index < -0.39 is 15.4 Å². The predicted octanol–water partition coefficient (Wildman–Crippen LogP) is 4.62. The van der Waals surface area contributed by atoms with Crippen molar-refractivity contribution in [3.63, 3.8) is 0 Å². The van der Waals surface area contributed by atoms with Crippen molar-refractivity contribution in [2.24, 2.45) is 0 Å². The van der Waals surface area contributed by atoms with E-state index in [-0.39, 0.29) is 10.7 Å². The largest absolute Gasteiger partial charge is 0.297 e. The molecular weight excluding hydrogens is 414 g/mol. The Morgan fingerprint density at radius 2 is 1.47 bits per heavy atom. The second-order valence-electron chi connectivity index (χ2n) is 7.18. The zero-order valence-corrected chi connectivity index (χ0v) is 18.1. The molecule has 1 aliphatic rings. The molecule has 4 nitrogen and oxygen atoms in total. The summed E-state index contributed by atoms with van der Waals surface area (Å²) in [6.45, 7) is 0.356. The number of carbonyl (C=O) groups excluding carboxylic acids is 1. The molecule has 0 amide bonds. The molecule has 1 heterocycles. The molecule has 6 heteroatoms. The first-order valence-electron chi connectivity index (χ1n) is 9.91. The van der Waals surface area contributed by atoms with E-state index in [2.05, 4.69) is 0 Å². The van der Waals surface area contributed by atoms with Crippen LogP contribution < -0.4 is 0 Å². The Hall–Kier alpha value is -2.41. The fraction of sp³-hybridized carbons (Fsp3) is 0.208. The minimum Gasteiger partial charge on any atom is -0.297 e. The molecule has 0 aliphatic carbocycles. The average molecular weight is 438 g/mol. The van der Waals surface area contributed by atoms with Gasteiger partial charge in [0.25, 0.3) is 0 Å². The van der Waals surface area contributed by atoms with Crippen molar-refractivity contribution in [3.8, 4) is 11.1 Å². The number of sulfonamides is 1. The molecule has 0 N–H and O–H groups in total. The van der Waals surface area contributed by atoms with Crippen molar-refractivity contribution in [1.82, 2.24) is 4.31 Å². The van der Waals surface area contributed by atoms with Gasteiger partial charge in [-0.1, -0.05) is 72.8 Å². The highest BCUT2D eigenvalue weighted by molar-refractivity contribution is 8.02. The minimum absolute atomic E-state index is 0.0363. The smallest absolute Gasteiger partial charge is 0.244 e. The molecule has 30 heavy (non-hydrogen) atoms. The summed E-state index contributed by atoms with van der Waals surface area (Å²) in [6, 6.07) is 26.5. The molecular formula is C24H23NO3S2. The number of ketones is 1. The quantitative estimate of drug-likeness (QED) is 0.541. The Balaban J connectivity index is 1.49. The van der Waals surface area contributed by atoms with Gasteiger partial charge in [-0.15, -0.1) is 11.8 Å². The Morgan fingerprint density at radius 3 is 2.13 bits per heavy atom. The van der Waals surface area contributed by atoms with Crippen LogP contribution in [0.1, 0.15) is 12.0 Å². The number of rotatable bonds is 7. The zero-order valence-electron chi connectivity index (χ0n) is 16.5. The fourth-order valence-electron chi connectivity index (χ4n) is 3.58. The lowest BCUT2D eigenvalue weighted by molar-refractivity contribution is -0.120. The fourth-order valence-corrected chi connectivity index (χ4v) is 6.77. The number of hydrogen-bond acceptors (Lipinski definition) is 4. The molecule has 1 aliphatic heterocycles. The third-order valence-electron chi connectivity index (χ3n) is 5.20. The van der Waals surface area contributed by atoms with Gasteiger partial charge in [0.15, 0.2) is 5.78 Å². The number of benzene rings is 3. The standard InChI is InChI=1S/C24H23NO3S2/c26-23(16-11-19-7-3-1-4-8-19)24-25(17-18-29-24)30(27,28)22-14-12-21(13-15-22)20-9-5-2-6-10-20/h1-10,12-15,24H,11,16-18H2. The Kier molecular flexibility index (Phi) is 6.37. The SMILES string of the molecule is O=C(CCc1ccccc1)C1SCCN1S(=O)(=O)c1ccc(-c2ccccc2)cc1. The van der Waals surface area contributed by atoms with E-state index in [1.54, 1.807) is 12.1 Å². The van der Waals surface area contributed by atoms with Crippen LogP contribution in [0.25, 0.3) is 11.1 Å². The first kappa shape index (κ1) is 20.8. The molecule has 0 spiro atoms. The molecule has 3 aromatic rings. The van der Waals surface area contributed by atoms with Crippen molar-refractivity contribution in [2.45, 2.75) is 23.1 Å². The molecule has 0 saturated carbocycles. The number of nitrogens with zero attached hydrogens (tertiary/aromatic N) is 1. The van der Waals surface area contributed by atoms with Gasteiger partial charge < -0.3 is 0 Å². The molecule has 0 bridgehead atoms. The van der Waals surface area contributed by atoms with Gasteiger partial charge >= 0.3 is 0 Å². The summed E-state index contributed by atoms with van der Waals surface area (Å²) in [6.07, 6.45) is 0.955. The van der Waals surface area contributed by atoms with Gasteiger partial charge in [-0.05, 0) is 35.2 Å². The molecule has 0 radical (unpaired) electrons. The van der Waals surface area contributed by atoms with Crippen LogP contribution in [-0.4, -0.2) is 36.2 Å². The monoisotopic (exact) mass is 437 g/mol. The zero-order chi connectivity index (χ0) is 21.0. The lowest BCUT2D eigenvalue weighted by Gasteiger charge is -2.22. The maximum absolute atomic E-state index is 13.2. The molecule has 1 saturated heterocycles. The summed E-state index contributed by atoms with van der Waals surface area (Å²) >= 11 is 1.41. The van der Waals surface area contributed by atoms with E-state index in [0.717, 1.165) is 16.7 Å². The average Bonchev–Trinajstić information content (AvgIpc) is 3.30. The Morgan fingerprint density at radius 1 is 0.867 bits per heavy atom. The van der Waals surface area contributed by atoms with Crippen LogP contribution in [0.5, 0.6) is 0 Å². The van der Waals surface area contributed by atoms with Gasteiger partial charge in [-0.25, -0.2) is 8.42 Å². The van der Waals surface area contributed by atoms with Gasteiger partial charge in [-0.3, -0.25) is 4.79 Å².